The lowest BCUT2D eigenvalue weighted by Gasteiger charge is -1.95. The molecule has 1 saturated heterocycles. The molecular weight excluding hydrogens is 62.1 g/mol. The Balaban J connectivity index is 2.38. The normalized spacial score (nSPS) is 30.0. The number of nitrogens with zero attached hydrogens (tertiary/aromatic N) is 1. The van der Waals surface area contributed by atoms with Gasteiger partial charge in [-0.15, -0.1) is 0 Å². The van der Waals surface area contributed by atoms with Crippen molar-refractivity contribution < 1.29 is 4.48 Å². The molecule has 1 aliphatic rings. The molecule has 0 radical (unpaired) electrons. The molecule has 1 fully saturated rings. The second-order valence-electron chi connectivity index (χ2n) is 2.38. The Morgan fingerprint density at radius 2 is 1.40 bits per heavy atom. The molecule has 1 rings (SSSR count). The highest BCUT2D eigenvalue weighted by Crippen LogP contribution is 2.09. The summed E-state index contributed by atoms with van der Waals surface area (Å²) in [6.45, 7) is 2.78. The molecule has 0 unspecified atom stereocenters. The van der Waals surface area contributed by atoms with E-state index in [9.17, 15) is 0 Å². The first-order chi connectivity index (χ1) is 2.21. The van der Waals surface area contributed by atoms with E-state index in [4.69, 9.17) is 0 Å². The third-order valence-electron chi connectivity index (χ3n) is 1.12. The van der Waals surface area contributed by atoms with Crippen LogP contribution in [0.15, 0.2) is 0 Å². The van der Waals surface area contributed by atoms with Crippen LogP contribution >= 0.6 is 0 Å². The van der Waals surface area contributed by atoms with Gasteiger partial charge in [0.15, 0.2) is 0 Å². The van der Waals surface area contributed by atoms with Crippen LogP contribution < -0.4 is 0 Å². The Morgan fingerprint density at radius 3 is 1.40 bits per heavy atom. The summed E-state index contributed by atoms with van der Waals surface area (Å²) in [7, 11) is 4.47. The second kappa shape index (κ2) is 0.548. The molecule has 1 heteroatoms. The van der Waals surface area contributed by atoms with Gasteiger partial charge in [0.05, 0.1) is 14.1 Å². The summed E-state index contributed by atoms with van der Waals surface area (Å²) in [5, 5.41) is 0. The minimum atomic E-state index is 1.25. The highest BCUT2D eigenvalue weighted by Gasteiger charge is 2.30. The van der Waals surface area contributed by atoms with Crippen LogP contribution in [-0.2, 0) is 0 Å². The van der Waals surface area contributed by atoms with Crippen molar-refractivity contribution in [2.45, 2.75) is 0 Å². The van der Waals surface area contributed by atoms with Crippen LogP contribution in [0.3, 0.4) is 0 Å². The van der Waals surface area contributed by atoms with Crippen molar-refractivity contribution in [1.29, 1.82) is 0 Å². The first kappa shape index (κ1) is 3.16. The van der Waals surface area contributed by atoms with Gasteiger partial charge >= 0.3 is 0 Å². The van der Waals surface area contributed by atoms with Crippen molar-refractivity contribution in [1.82, 2.24) is 0 Å². The Labute approximate surface area is 32.8 Å². The lowest BCUT2D eigenvalue weighted by Crippen LogP contribution is -2.09. The summed E-state index contributed by atoms with van der Waals surface area (Å²) in [5.41, 5.74) is 0. The molecule has 0 aromatic rings. The summed E-state index contributed by atoms with van der Waals surface area (Å²) in [5.74, 6) is 0. The first-order valence-corrected chi connectivity index (χ1v) is 2.03. The number of hydrogen-bond acceptors (Lipinski definition) is 0. The van der Waals surface area contributed by atoms with Gasteiger partial charge in [-0.1, -0.05) is 0 Å². The van der Waals surface area contributed by atoms with Crippen molar-refractivity contribution in [3.63, 3.8) is 0 Å². The molecule has 5 heavy (non-hydrogen) atoms. The third-order valence-corrected chi connectivity index (χ3v) is 1.12. The highest BCUT2D eigenvalue weighted by atomic mass is 15.4. The predicted octanol–water partition coefficient (Wildman–Crippen LogP) is 0.0764. The van der Waals surface area contributed by atoms with Gasteiger partial charge in [-0.25, -0.2) is 0 Å². The predicted molar refractivity (Wildman–Crippen MR) is 21.8 cm³/mol. The maximum Gasteiger partial charge on any atom is 0.128 e. The lowest BCUT2D eigenvalue weighted by molar-refractivity contribution is -0.753. The van der Waals surface area contributed by atoms with Gasteiger partial charge in [0.1, 0.15) is 13.1 Å². The monoisotopic (exact) mass is 72.1 g/mol. The zero-order chi connectivity index (χ0) is 3.91. The molecule has 0 aliphatic carbocycles. The van der Waals surface area contributed by atoms with Crippen molar-refractivity contribution in [2.24, 2.45) is 0 Å². The quantitative estimate of drug-likeness (QED) is 0.281. The molecule has 30 valence electrons. The summed E-state index contributed by atoms with van der Waals surface area (Å²) in [6, 6.07) is 0. The highest BCUT2D eigenvalue weighted by molar-refractivity contribution is 4.43. The van der Waals surface area contributed by atoms with Crippen molar-refractivity contribution in [3.8, 4) is 0 Å². The minimum absolute atomic E-state index is 1.25. The van der Waals surface area contributed by atoms with Crippen LogP contribution in [0.4, 0.5) is 0 Å². The van der Waals surface area contributed by atoms with Gasteiger partial charge in [-0.3, -0.25) is 0 Å². The van der Waals surface area contributed by atoms with Gasteiger partial charge in [0.2, 0.25) is 0 Å². The van der Waals surface area contributed by atoms with Gasteiger partial charge in [0.25, 0.3) is 0 Å². The molecule has 0 N–H and O–H groups in total. The van der Waals surface area contributed by atoms with E-state index in [-0.39, 0.29) is 0 Å². The molecule has 1 nitrogen and oxygen atoms in total. The van der Waals surface area contributed by atoms with Gasteiger partial charge in [-0.2, -0.15) is 0 Å². The number of hydrogen-bond donors (Lipinski definition) is 0. The minimum Gasteiger partial charge on any atom is -0.319 e. The van der Waals surface area contributed by atoms with Crippen molar-refractivity contribution in [2.75, 3.05) is 27.2 Å². The van der Waals surface area contributed by atoms with Crippen molar-refractivity contribution >= 4 is 0 Å². The van der Waals surface area contributed by atoms with E-state index in [2.05, 4.69) is 14.1 Å². The molecule has 0 amide bonds. The average Bonchev–Trinajstić information content (AvgIpc) is 1.76. The molecule has 1 heterocycles. The average molecular weight is 72.1 g/mol. The van der Waals surface area contributed by atoms with Gasteiger partial charge in [0, 0.05) is 0 Å². The Morgan fingerprint density at radius 1 is 1.20 bits per heavy atom. The van der Waals surface area contributed by atoms with Crippen LogP contribution in [0.5, 0.6) is 0 Å². The number of likely N-dealkylation sites (N-methyl/N-ethyl adjacent to an activating group) is 1. The van der Waals surface area contributed by atoms with Crippen LogP contribution in [0.1, 0.15) is 0 Å². The number of quaternary nitrogens is 1. The Bertz CT molecular complexity index is 41.6. The van der Waals surface area contributed by atoms with E-state index < -0.39 is 0 Å². The molecule has 0 spiro atoms. The van der Waals surface area contributed by atoms with Crippen LogP contribution in [0.2, 0.25) is 0 Å². The molecule has 0 aromatic heterocycles. The van der Waals surface area contributed by atoms with Gasteiger partial charge in [-0.05, 0) is 0 Å². The molecule has 0 atom stereocenters. The number of rotatable bonds is 0. The van der Waals surface area contributed by atoms with E-state index in [0.29, 0.717) is 0 Å². The smallest absolute Gasteiger partial charge is 0.128 e. The first-order valence-electron chi connectivity index (χ1n) is 2.03. The van der Waals surface area contributed by atoms with Crippen LogP contribution in [-0.4, -0.2) is 31.7 Å². The van der Waals surface area contributed by atoms with Crippen LogP contribution in [0.25, 0.3) is 0 Å². The Hall–Kier alpha value is -0.0400. The summed E-state index contributed by atoms with van der Waals surface area (Å²) >= 11 is 0. The zero-order valence-corrected chi connectivity index (χ0v) is 3.86. The molecule has 0 saturated carbocycles. The van der Waals surface area contributed by atoms with Crippen LogP contribution in [0, 0.1) is 0 Å². The topological polar surface area (TPSA) is 0 Å². The molecule has 0 bridgehead atoms. The Kier molecular flexibility index (Phi) is 0.346. The van der Waals surface area contributed by atoms with Gasteiger partial charge < -0.3 is 4.48 Å². The maximum absolute atomic E-state index is 2.24. The molecule has 0 aromatic carbocycles. The van der Waals surface area contributed by atoms with E-state index >= 15 is 0 Å². The fourth-order valence-electron chi connectivity index (χ4n) is 0.200. The zero-order valence-electron chi connectivity index (χ0n) is 3.86. The fraction of sp³-hybridized carbons (Fsp3) is 1.00. The molecule has 1 aliphatic heterocycles. The summed E-state index contributed by atoms with van der Waals surface area (Å²) < 4.78 is 1.25. The third kappa shape index (κ3) is 0.618. The van der Waals surface area contributed by atoms with E-state index in [1.165, 1.54) is 17.6 Å². The standard InChI is InChI=1S/C4H10N/c1-5(2)3-4-5/h3-4H2,1-2H3/q+1. The summed E-state index contributed by atoms with van der Waals surface area (Å²) in [4.78, 5) is 0. The second-order valence-corrected chi connectivity index (χ2v) is 2.38. The summed E-state index contributed by atoms with van der Waals surface area (Å²) in [6.07, 6.45) is 0. The van der Waals surface area contributed by atoms with Crippen molar-refractivity contribution in [3.05, 3.63) is 0 Å². The maximum atomic E-state index is 2.24. The van der Waals surface area contributed by atoms with E-state index in [1.54, 1.807) is 0 Å². The largest absolute Gasteiger partial charge is 0.319 e. The fourth-order valence-corrected chi connectivity index (χ4v) is 0.200. The van der Waals surface area contributed by atoms with E-state index in [1.807, 2.05) is 0 Å². The molecular formula is C4H10N+. The lowest BCUT2D eigenvalue weighted by atomic mass is 11.0. The SMILES string of the molecule is C[N+]1(C)CC1. The van der Waals surface area contributed by atoms with E-state index in [0.717, 1.165) is 0 Å².